The Balaban J connectivity index is 1.31. The fraction of sp³-hybridized carbons (Fsp3) is 0.615. The summed E-state index contributed by atoms with van der Waals surface area (Å²) in [7, 11) is 1.67. The van der Waals surface area contributed by atoms with Crippen molar-refractivity contribution in [1.29, 1.82) is 0 Å². The molecule has 1 heterocycles. The quantitative estimate of drug-likeness (QED) is 0.233. The van der Waals surface area contributed by atoms with Crippen molar-refractivity contribution in [3.63, 3.8) is 0 Å². The van der Waals surface area contributed by atoms with E-state index in [9.17, 15) is 14.4 Å². The van der Waals surface area contributed by atoms with Gasteiger partial charge in [0.2, 0.25) is 11.8 Å². The van der Waals surface area contributed by atoms with E-state index in [0.29, 0.717) is 38.5 Å². The molecule has 4 amide bonds. The number of nitrogens with one attached hydrogen (secondary N) is 5. The molecule has 3 rings (SSSR count). The molecule has 0 unspecified atom stereocenters. The molecule has 36 heavy (non-hydrogen) atoms. The molecule has 0 aromatic heterocycles. The van der Waals surface area contributed by atoms with E-state index in [1.165, 1.54) is 0 Å². The number of hydrazone groups is 1. The van der Waals surface area contributed by atoms with Gasteiger partial charge in [0.05, 0.1) is 24.8 Å². The van der Waals surface area contributed by atoms with Crippen molar-refractivity contribution in [1.82, 2.24) is 26.7 Å². The number of hydrogen-bond acceptors (Lipinski definition) is 6. The zero-order chi connectivity index (χ0) is 25.8. The predicted octanol–water partition coefficient (Wildman–Crippen LogP) is 1.67. The Morgan fingerprint density at radius 3 is 2.58 bits per heavy atom. The van der Waals surface area contributed by atoms with Crippen molar-refractivity contribution in [3.8, 4) is 0 Å². The Hall–Kier alpha value is -2.98. The van der Waals surface area contributed by atoms with Gasteiger partial charge < -0.3 is 26.0 Å². The first kappa shape index (κ1) is 27.6. The molecule has 2 aliphatic rings. The fourth-order valence-corrected chi connectivity index (χ4v) is 4.64. The van der Waals surface area contributed by atoms with Crippen molar-refractivity contribution in [3.05, 3.63) is 35.9 Å². The maximum atomic E-state index is 12.7. The second kappa shape index (κ2) is 14.5. The summed E-state index contributed by atoms with van der Waals surface area (Å²) < 4.78 is 5.94. The minimum Gasteiger partial charge on any atom is -0.372 e. The van der Waals surface area contributed by atoms with E-state index in [1.807, 2.05) is 37.3 Å². The summed E-state index contributed by atoms with van der Waals surface area (Å²) in [5, 5.41) is 15.7. The molecular formula is C26H40N6O4. The van der Waals surface area contributed by atoms with Crippen LogP contribution in [-0.2, 0) is 20.9 Å². The van der Waals surface area contributed by atoms with Crippen LogP contribution in [0.3, 0.4) is 0 Å². The second-order valence-corrected chi connectivity index (χ2v) is 9.57. The maximum absolute atomic E-state index is 12.7. The van der Waals surface area contributed by atoms with Gasteiger partial charge in [-0.15, -0.1) is 0 Å². The lowest BCUT2D eigenvalue weighted by Gasteiger charge is -2.27. The number of nitrogens with zero attached hydrogens (tertiary/aromatic N) is 1. The van der Waals surface area contributed by atoms with Gasteiger partial charge >= 0.3 is 6.03 Å². The first-order chi connectivity index (χ1) is 17.5. The Morgan fingerprint density at radius 2 is 1.89 bits per heavy atom. The van der Waals surface area contributed by atoms with Crippen LogP contribution in [0.15, 0.2) is 35.4 Å². The number of carbonyl (C=O) groups is 3. The normalized spacial score (nSPS) is 24.7. The summed E-state index contributed by atoms with van der Waals surface area (Å²) in [5.41, 5.74) is 3.58. The standard InChI is InChI=1S/C26H40N6O4/c1-3-21(15-30-32-26(35)29-14-18-9-11-20(12-10-18)24(33)27-2)31-25(34)23-13-22(16-28-23)36-17-19-7-5-4-6-8-19/h4-8,15,18,20-23,28H,3,9-14,16-17H2,1-2H3,(H,27,33)(H,31,34)(H2,29,32,35)/b30-15+/t18-,20-,21-,22+,23-/m0/s1. The predicted molar refractivity (Wildman–Crippen MR) is 138 cm³/mol. The van der Waals surface area contributed by atoms with Crippen LogP contribution in [0.25, 0.3) is 0 Å². The number of ether oxygens (including phenoxy) is 1. The monoisotopic (exact) mass is 500 g/mol. The van der Waals surface area contributed by atoms with E-state index in [0.717, 1.165) is 31.2 Å². The Kier molecular flexibility index (Phi) is 11.2. The summed E-state index contributed by atoms with van der Waals surface area (Å²) in [6.45, 7) is 3.65. The lowest BCUT2D eigenvalue weighted by atomic mass is 9.81. The number of carbonyl (C=O) groups excluding carboxylic acids is 3. The molecule has 10 heteroatoms. The van der Waals surface area contributed by atoms with Crippen LogP contribution in [0.2, 0.25) is 0 Å². The molecule has 5 N–H and O–H groups in total. The van der Waals surface area contributed by atoms with Crippen molar-refractivity contribution < 1.29 is 19.1 Å². The number of rotatable bonds is 11. The highest BCUT2D eigenvalue weighted by Crippen LogP contribution is 2.28. The minimum absolute atomic E-state index is 0.0149. The van der Waals surface area contributed by atoms with Crippen molar-refractivity contribution in [2.24, 2.45) is 16.9 Å². The van der Waals surface area contributed by atoms with Gasteiger partial charge in [-0.3, -0.25) is 9.59 Å². The van der Waals surface area contributed by atoms with Gasteiger partial charge in [-0.25, -0.2) is 10.2 Å². The lowest BCUT2D eigenvalue weighted by molar-refractivity contribution is -0.125. The number of benzene rings is 1. The van der Waals surface area contributed by atoms with Crippen molar-refractivity contribution in [2.75, 3.05) is 20.1 Å². The molecule has 1 aromatic carbocycles. The largest absolute Gasteiger partial charge is 0.372 e. The van der Waals surface area contributed by atoms with Crippen LogP contribution in [0, 0.1) is 11.8 Å². The van der Waals surface area contributed by atoms with E-state index >= 15 is 0 Å². The highest BCUT2D eigenvalue weighted by Gasteiger charge is 2.30. The molecule has 1 aromatic rings. The molecule has 1 aliphatic carbocycles. The average Bonchev–Trinajstić information content (AvgIpc) is 3.40. The van der Waals surface area contributed by atoms with Crippen LogP contribution >= 0.6 is 0 Å². The Bertz CT molecular complexity index is 872. The van der Waals surface area contributed by atoms with Crippen molar-refractivity contribution >= 4 is 24.1 Å². The molecule has 10 nitrogen and oxygen atoms in total. The van der Waals surface area contributed by atoms with Crippen LogP contribution in [-0.4, -0.2) is 62.4 Å². The molecule has 2 fully saturated rings. The summed E-state index contributed by atoms with van der Waals surface area (Å²) in [4.78, 5) is 36.5. The third kappa shape index (κ3) is 8.91. The zero-order valence-corrected chi connectivity index (χ0v) is 21.3. The highest BCUT2D eigenvalue weighted by molar-refractivity contribution is 5.85. The fourth-order valence-electron chi connectivity index (χ4n) is 4.64. The van der Waals surface area contributed by atoms with Gasteiger partial charge in [0.1, 0.15) is 0 Å². The number of hydrogen-bond donors (Lipinski definition) is 5. The molecule has 0 spiro atoms. The summed E-state index contributed by atoms with van der Waals surface area (Å²) >= 11 is 0. The van der Waals surface area contributed by atoms with E-state index in [2.05, 4.69) is 31.8 Å². The molecular weight excluding hydrogens is 460 g/mol. The molecule has 1 aliphatic heterocycles. The van der Waals surface area contributed by atoms with E-state index < -0.39 is 0 Å². The molecule has 0 bridgehead atoms. The first-order valence-corrected chi connectivity index (χ1v) is 13.0. The van der Waals surface area contributed by atoms with Crippen molar-refractivity contribution in [2.45, 2.75) is 70.2 Å². The summed E-state index contributed by atoms with van der Waals surface area (Å²) in [6.07, 6.45) is 6.31. The topological polar surface area (TPSA) is 133 Å². The smallest absolute Gasteiger partial charge is 0.335 e. The molecule has 3 atom stereocenters. The molecule has 1 saturated carbocycles. The SMILES string of the molecule is CC[C@@H](/C=N/NC(=O)NC[C@H]1CC[C@H](C(=O)NC)CC1)NC(=O)[C@@H]1C[C@@H](OCc2ccccc2)CN1. The van der Waals surface area contributed by atoms with Gasteiger partial charge in [0.15, 0.2) is 0 Å². The van der Waals surface area contributed by atoms with Gasteiger partial charge in [-0.05, 0) is 50.0 Å². The maximum Gasteiger partial charge on any atom is 0.335 e. The second-order valence-electron chi connectivity index (χ2n) is 9.57. The third-order valence-corrected chi connectivity index (χ3v) is 6.94. The molecule has 0 radical (unpaired) electrons. The Morgan fingerprint density at radius 1 is 1.14 bits per heavy atom. The third-order valence-electron chi connectivity index (χ3n) is 6.94. The van der Waals surface area contributed by atoms with Crippen LogP contribution in [0.1, 0.15) is 51.0 Å². The van der Waals surface area contributed by atoms with Crippen LogP contribution < -0.4 is 26.7 Å². The van der Waals surface area contributed by atoms with E-state index in [1.54, 1.807) is 13.3 Å². The van der Waals surface area contributed by atoms with Gasteiger partial charge in [-0.1, -0.05) is 37.3 Å². The minimum atomic E-state index is -0.378. The lowest BCUT2D eigenvalue weighted by Crippen LogP contribution is -2.46. The van der Waals surface area contributed by atoms with Gasteiger partial charge in [-0.2, -0.15) is 5.10 Å². The van der Waals surface area contributed by atoms with Gasteiger partial charge in [0, 0.05) is 32.3 Å². The first-order valence-electron chi connectivity index (χ1n) is 13.0. The summed E-state index contributed by atoms with van der Waals surface area (Å²) in [6, 6.07) is 8.99. The number of urea groups is 1. The van der Waals surface area contributed by atoms with Crippen LogP contribution in [0.5, 0.6) is 0 Å². The van der Waals surface area contributed by atoms with Crippen LogP contribution in [0.4, 0.5) is 4.79 Å². The summed E-state index contributed by atoms with van der Waals surface area (Å²) in [5.74, 6) is 0.447. The highest BCUT2D eigenvalue weighted by atomic mass is 16.5. The Labute approximate surface area is 213 Å². The average molecular weight is 501 g/mol. The van der Waals surface area contributed by atoms with E-state index in [4.69, 9.17) is 4.74 Å². The van der Waals surface area contributed by atoms with Gasteiger partial charge in [0.25, 0.3) is 0 Å². The van der Waals surface area contributed by atoms with E-state index in [-0.39, 0.29) is 42.0 Å². The molecule has 198 valence electrons. The zero-order valence-electron chi connectivity index (χ0n) is 21.3. The molecule has 1 saturated heterocycles. The number of amides is 4.